The van der Waals surface area contributed by atoms with E-state index < -0.39 is 23.6 Å². The smallest absolute Gasteiger partial charge is 0.189 e. The van der Waals surface area contributed by atoms with E-state index in [1.807, 2.05) is 0 Å². The van der Waals surface area contributed by atoms with Crippen molar-refractivity contribution in [1.82, 2.24) is 0 Å². The maximum Gasteiger partial charge on any atom is 0.189 e. The molecule has 3 rings (SSSR count). The molecule has 0 aliphatic carbocycles. The van der Waals surface area contributed by atoms with E-state index >= 15 is 0 Å². The minimum absolute atomic E-state index is 0.126. The lowest BCUT2D eigenvalue weighted by molar-refractivity contribution is -0.204. The number of benzene rings is 2. The average Bonchev–Trinajstić information content (AvgIpc) is 2.88. The first kappa shape index (κ1) is 25.0. The van der Waals surface area contributed by atoms with E-state index in [4.69, 9.17) is 65.4 Å². The molecule has 9 heteroatoms. The second-order valence-electron chi connectivity index (χ2n) is 7.88. The lowest BCUT2D eigenvalue weighted by Gasteiger charge is -2.34. The minimum Gasteiger partial charge on any atom is -0.382 e. The van der Waals surface area contributed by atoms with Gasteiger partial charge in [0.2, 0.25) is 0 Å². The molecular weight excluding hydrogens is 486 g/mol. The van der Waals surface area contributed by atoms with Crippen LogP contribution < -0.4 is 0 Å². The second kappa shape index (κ2) is 10.1. The summed E-state index contributed by atoms with van der Waals surface area (Å²) in [5, 5.41) is 13.2. The van der Waals surface area contributed by atoms with E-state index in [-0.39, 0.29) is 19.8 Å². The van der Waals surface area contributed by atoms with Crippen LogP contribution in [-0.2, 0) is 32.2 Å². The van der Waals surface area contributed by atoms with Crippen LogP contribution in [0.3, 0.4) is 0 Å². The molecule has 0 aromatic heterocycles. The highest BCUT2D eigenvalue weighted by atomic mass is 35.5. The molecule has 0 saturated carbocycles. The third-order valence-corrected chi connectivity index (χ3v) is 6.41. The van der Waals surface area contributed by atoms with Crippen molar-refractivity contribution in [3.63, 3.8) is 0 Å². The Morgan fingerprint density at radius 3 is 2.00 bits per heavy atom. The van der Waals surface area contributed by atoms with Crippen molar-refractivity contribution in [2.75, 3.05) is 13.7 Å². The molecule has 0 bridgehead atoms. The molecule has 1 aliphatic heterocycles. The lowest BCUT2D eigenvalue weighted by Crippen LogP contribution is -2.52. The molecule has 170 valence electrons. The van der Waals surface area contributed by atoms with Crippen LogP contribution in [0.2, 0.25) is 20.1 Å². The molecule has 1 fully saturated rings. The average molecular weight is 510 g/mol. The van der Waals surface area contributed by atoms with Crippen LogP contribution in [0, 0.1) is 0 Å². The second-order valence-corrected chi connectivity index (χ2v) is 9.57. The number of aliphatic hydroxyl groups is 1. The lowest BCUT2D eigenvalue weighted by atomic mass is 9.89. The third kappa shape index (κ3) is 5.67. The van der Waals surface area contributed by atoms with E-state index in [1.54, 1.807) is 50.2 Å². The van der Waals surface area contributed by atoms with Crippen LogP contribution in [0.5, 0.6) is 0 Å². The Bertz CT molecular complexity index is 923. The zero-order chi connectivity index (χ0) is 22.8. The van der Waals surface area contributed by atoms with Gasteiger partial charge >= 0.3 is 0 Å². The van der Waals surface area contributed by atoms with Crippen molar-refractivity contribution in [2.24, 2.45) is 0 Å². The van der Waals surface area contributed by atoms with Gasteiger partial charge in [-0.1, -0.05) is 58.5 Å². The van der Waals surface area contributed by atoms with Crippen LogP contribution in [-0.4, -0.2) is 42.4 Å². The zero-order valence-corrected chi connectivity index (χ0v) is 20.4. The first-order valence-corrected chi connectivity index (χ1v) is 11.1. The number of halogens is 4. The fourth-order valence-corrected chi connectivity index (χ4v) is 4.65. The molecule has 0 spiro atoms. The number of methoxy groups -OCH3 is 1. The van der Waals surface area contributed by atoms with Gasteiger partial charge in [-0.25, -0.2) is 0 Å². The van der Waals surface area contributed by atoms with Crippen LogP contribution in [0.4, 0.5) is 0 Å². The van der Waals surface area contributed by atoms with E-state index in [9.17, 15) is 5.11 Å². The maximum absolute atomic E-state index is 11.1. The molecule has 0 amide bonds. The van der Waals surface area contributed by atoms with Gasteiger partial charge in [-0.3, -0.25) is 0 Å². The molecule has 4 atom stereocenters. The molecule has 2 aromatic rings. The molecule has 0 radical (unpaired) electrons. The topological polar surface area (TPSA) is 57.2 Å². The van der Waals surface area contributed by atoms with Crippen molar-refractivity contribution in [3.05, 3.63) is 67.6 Å². The first-order chi connectivity index (χ1) is 14.6. The maximum atomic E-state index is 11.1. The summed E-state index contributed by atoms with van der Waals surface area (Å²) in [5.74, 6) is 0. The van der Waals surface area contributed by atoms with Gasteiger partial charge in [0.1, 0.15) is 17.3 Å². The summed E-state index contributed by atoms with van der Waals surface area (Å²) in [4.78, 5) is 0. The Balaban J connectivity index is 1.73. The SMILES string of the molecule is COC1O[C@](C)(COCc2ccc(Cl)cc2Cl)[C@@H](OCc2ccc(Cl)cc2Cl)[C@@]1(C)O. The summed E-state index contributed by atoms with van der Waals surface area (Å²) in [5.41, 5.74) is -0.904. The number of hydrogen-bond acceptors (Lipinski definition) is 5. The van der Waals surface area contributed by atoms with Crippen LogP contribution in [0.1, 0.15) is 25.0 Å². The Morgan fingerprint density at radius 1 is 0.935 bits per heavy atom. The predicted molar refractivity (Wildman–Crippen MR) is 122 cm³/mol. The van der Waals surface area contributed by atoms with Gasteiger partial charge < -0.3 is 24.1 Å². The summed E-state index contributed by atoms with van der Waals surface area (Å²) < 4.78 is 23.4. The number of hydrogen-bond donors (Lipinski definition) is 1. The molecule has 1 unspecified atom stereocenters. The van der Waals surface area contributed by atoms with Crippen molar-refractivity contribution < 1.29 is 24.1 Å². The third-order valence-electron chi connectivity index (χ3n) is 5.23. The monoisotopic (exact) mass is 508 g/mol. The molecule has 31 heavy (non-hydrogen) atoms. The van der Waals surface area contributed by atoms with Crippen molar-refractivity contribution in [1.29, 1.82) is 0 Å². The van der Waals surface area contributed by atoms with E-state index in [0.29, 0.717) is 20.1 Å². The largest absolute Gasteiger partial charge is 0.382 e. The summed E-state index contributed by atoms with van der Waals surface area (Å²) in [6.45, 7) is 3.93. The standard InChI is InChI=1S/C22H24Cl4O5/c1-21(12-29-10-13-4-6-15(23)8-17(13)25)19(22(2,27)20(28-3)31-21)30-11-14-5-7-16(24)9-18(14)26/h4-9,19-20,27H,10-12H2,1-3H3/t19-,20?,21-,22-/m1/s1. The zero-order valence-electron chi connectivity index (χ0n) is 17.3. The molecule has 5 nitrogen and oxygen atoms in total. The Labute approximate surface area is 202 Å². The fourth-order valence-electron chi connectivity index (χ4n) is 3.72. The molecule has 2 aromatic carbocycles. The molecular formula is C22H24Cl4O5. The van der Waals surface area contributed by atoms with Crippen LogP contribution in [0.15, 0.2) is 36.4 Å². The Kier molecular flexibility index (Phi) is 8.17. The van der Waals surface area contributed by atoms with Crippen molar-refractivity contribution in [2.45, 2.75) is 50.7 Å². The van der Waals surface area contributed by atoms with Gasteiger partial charge in [0.15, 0.2) is 6.29 Å². The van der Waals surface area contributed by atoms with Gasteiger partial charge in [0.25, 0.3) is 0 Å². The van der Waals surface area contributed by atoms with Crippen LogP contribution >= 0.6 is 46.4 Å². The van der Waals surface area contributed by atoms with Gasteiger partial charge in [-0.05, 0) is 49.2 Å². The van der Waals surface area contributed by atoms with Gasteiger partial charge in [0, 0.05) is 27.2 Å². The minimum atomic E-state index is -1.43. The van der Waals surface area contributed by atoms with E-state index in [0.717, 1.165) is 11.1 Å². The highest BCUT2D eigenvalue weighted by Gasteiger charge is 2.60. The fraction of sp³-hybridized carbons (Fsp3) is 0.455. The molecule has 1 saturated heterocycles. The Hall–Kier alpha value is -0.600. The highest BCUT2D eigenvalue weighted by Crippen LogP contribution is 2.42. The quantitative estimate of drug-likeness (QED) is 0.479. The number of rotatable bonds is 8. The highest BCUT2D eigenvalue weighted by molar-refractivity contribution is 6.35. The van der Waals surface area contributed by atoms with Gasteiger partial charge in [0.05, 0.1) is 19.8 Å². The summed E-state index contributed by atoms with van der Waals surface area (Å²) in [7, 11) is 1.46. The Morgan fingerprint density at radius 2 is 1.48 bits per heavy atom. The summed E-state index contributed by atoms with van der Waals surface area (Å²) in [6.07, 6.45) is -1.66. The predicted octanol–water partition coefficient (Wildman–Crippen LogP) is 5.91. The summed E-state index contributed by atoms with van der Waals surface area (Å²) in [6, 6.07) is 10.3. The molecule has 1 aliphatic rings. The normalized spacial score (nSPS) is 28.3. The van der Waals surface area contributed by atoms with E-state index in [1.165, 1.54) is 7.11 Å². The van der Waals surface area contributed by atoms with E-state index in [2.05, 4.69) is 0 Å². The van der Waals surface area contributed by atoms with Gasteiger partial charge in [-0.2, -0.15) is 0 Å². The van der Waals surface area contributed by atoms with Crippen molar-refractivity contribution >= 4 is 46.4 Å². The summed E-state index contributed by atoms with van der Waals surface area (Å²) >= 11 is 24.4. The molecule has 1 N–H and O–H groups in total. The molecule has 1 heterocycles. The van der Waals surface area contributed by atoms with Crippen LogP contribution in [0.25, 0.3) is 0 Å². The number of ether oxygens (including phenoxy) is 4. The van der Waals surface area contributed by atoms with Gasteiger partial charge in [-0.15, -0.1) is 0 Å². The first-order valence-electron chi connectivity index (χ1n) is 9.57. The van der Waals surface area contributed by atoms with Crippen molar-refractivity contribution in [3.8, 4) is 0 Å².